The monoisotopic (exact) mass is 1080 g/mol. The lowest BCUT2D eigenvalue weighted by Gasteiger charge is -2.22. The van der Waals surface area contributed by atoms with Gasteiger partial charge in [-0.15, -0.1) is 0 Å². The van der Waals surface area contributed by atoms with Gasteiger partial charge in [0.25, 0.3) is 11.8 Å². The maximum atomic E-state index is 12.7. The number of phosphoric ester groups is 2. The number of hydrogen-bond acceptors (Lipinski definition) is 20. The van der Waals surface area contributed by atoms with Crippen molar-refractivity contribution < 1.29 is 105 Å². The lowest BCUT2D eigenvalue weighted by Crippen LogP contribution is -2.50. The highest BCUT2D eigenvalue weighted by Gasteiger charge is 2.31. The third kappa shape index (κ3) is 37.9. The fourth-order valence-corrected chi connectivity index (χ4v) is 7.17. The molecule has 72 heavy (non-hydrogen) atoms. The van der Waals surface area contributed by atoms with E-state index >= 15 is 0 Å². The van der Waals surface area contributed by atoms with Crippen molar-refractivity contribution in [1.82, 2.24) is 21.3 Å². The van der Waals surface area contributed by atoms with E-state index in [-0.39, 0.29) is 65.0 Å². The van der Waals surface area contributed by atoms with Crippen molar-refractivity contribution in [2.45, 2.75) is 154 Å². The zero-order valence-corrected chi connectivity index (χ0v) is 44.0. The van der Waals surface area contributed by atoms with Crippen LogP contribution in [0.2, 0.25) is 0 Å². The summed E-state index contributed by atoms with van der Waals surface area (Å²) in [5.41, 5.74) is 0. The molecule has 10 N–H and O–H groups in total. The average molecular weight is 1080 g/mol. The van der Waals surface area contributed by atoms with Crippen molar-refractivity contribution in [3.63, 3.8) is 0 Å². The Morgan fingerprint density at radius 3 is 1.24 bits per heavy atom. The summed E-state index contributed by atoms with van der Waals surface area (Å²) in [5.74, 6) is -4.73. The Hall–Kier alpha value is -3.72. The molecule has 0 spiro atoms. The maximum absolute atomic E-state index is 12.7. The molecule has 0 saturated heterocycles. The second-order valence-corrected chi connectivity index (χ2v) is 19.5. The topological polar surface area (TPSA) is 380 Å². The minimum atomic E-state index is -4.84. The van der Waals surface area contributed by atoms with Crippen molar-refractivity contribution >= 4 is 51.2 Å². The van der Waals surface area contributed by atoms with E-state index in [0.29, 0.717) is 25.7 Å². The third-order valence-corrected chi connectivity index (χ3v) is 11.3. The number of hydrogen-bond donors (Lipinski definition) is 10. The molecule has 0 aliphatic carbocycles. The molecule has 0 saturated carbocycles. The Morgan fingerprint density at radius 2 is 0.903 bits per heavy atom. The van der Waals surface area contributed by atoms with E-state index in [0.717, 1.165) is 0 Å². The molecule has 0 rings (SSSR count). The molecule has 0 aliphatic heterocycles. The Kier molecular flexibility index (Phi) is 37.7. The number of unbranched alkanes of at least 4 members (excludes halogenated alkanes) is 2. The molecule has 0 aromatic rings. The number of aliphatic hydroxyl groups excluding tert-OH is 4. The third-order valence-electron chi connectivity index (χ3n) is 9.34. The summed E-state index contributed by atoms with van der Waals surface area (Å²) in [7, 11) is -9.69. The van der Waals surface area contributed by atoms with Crippen LogP contribution in [0.5, 0.6) is 0 Å². The summed E-state index contributed by atoms with van der Waals surface area (Å²) in [4.78, 5) is 94.9. The second kappa shape index (κ2) is 39.7. The first-order chi connectivity index (χ1) is 33.9. The predicted molar refractivity (Wildman–Crippen MR) is 257 cm³/mol. The lowest BCUT2D eigenvalue weighted by molar-refractivity contribution is -0.151. The number of aliphatic hydroxyl groups is 4. The number of amides is 4. The number of esters is 2. The van der Waals surface area contributed by atoms with Crippen LogP contribution in [0.3, 0.4) is 0 Å². The van der Waals surface area contributed by atoms with Gasteiger partial charge < -0.3 is 70.4 Å². The summed E-state index contributed by atoms with van der Waals surface area (Å²) in [6, 6.07) is -2.01. The lowest BCUT2D eigenvalue weighted by atomic mass is 10.2. The number of rotatable bonds is 43. The van der Waals surface area contributed by atoms with Crippen molar-refractivity contribution in [2.24, 2.45) is 0 Å². The van der Waals surface area contributed by atoms with Gasteiger partial charge >= 0.3 is 27.6 Å². The highest BCUT2D eigenvalue weighted by Crippen LogP contribution is 2.43. The van der Waals surface area contributed by atoms with Crippen molar-refractivity contribution in [2.75, 3.05) is 65.9 Å². The van der Waals surface area contributed by atoms with Gasteiger partial charge in [-0.05, 0) is 80.1 Å². The van der Waals surface area contributed by atoms with Gasteiger partial charge in [-0.2, -0.15) is 0 Å². The van der Waals surface area contributed by atoms with Crippen LogP contribution in [-0.2, 0) is 74.9 Å². The van der Waals surface area contributed by atoms with Gasteiger partial charge in [-0.1, -0.05) is 24.3 Å². The van der Waals surface area contributed by atoms with Crippen LogP contribution in [0.4, 0.5) is 0 Å². The molecule has 418 valence electrons. The summed E-state index contributed by atoms with van der Waals surface area (Å²) in [6.45, 7) is 5.98. The first-order valence-electron chi connectivity index (χ1n) is 23.8. The number of carbonyl (C=O) groups excluding carboxylic acids is 6. The number of ether oxygens (including phenoxy) is 4. The minimum absolute atomic E-state index is 0.0790. The molecular formula is C44H80N4O22P2. The summed E-state index contributed by atoms with van der Waals surface area (Å²) in [6.07, 6.45) is 2.78. The second-order valence-electron chi connectivity index (χ2n) is 16.6. The van der Waals surface area contributed by atoms with E-state index < -0.39 is 139 Å². The van der Waals surface area contributed by atoms with E-state index in [1.54, 1.807) is 13.8 Å². The van der Waals surface area contributed by atoms with E-state index in [4.69, 9.17) is 37.0 Å². The zero-order valence-electron chi connectivity index (χ0n) is 42.2. The van der Waals surface area contributed by atoms with E-state index in [2.05, 4.69) is 21.3 Å². The Morgan fingerprint density at radius 1 is 0.542 bits per heavy atom. The number of carbonyl (C=O) groups is 6. The van der Waals surface area contributed by atoms with Crippen LogP contribution in [0.25, 0.3) is 0 Å². The first kappa shape index (κ1) is 68.3. The van der Waals surface area contributed by atoms with Crippen molar-refractivity contribution in [3.8, 4) is 0 Å². The molecule has 0 bridgehead atoms. The summed E-state index contributed by atoms with van der Waals surface area (Å²) >= 11 is 0. The van der Waals surface area contributed by atoms with Gasteiger partial charge in [0.15, 0.2) is 12.2 Å². The molecule has 26 nitrogen and oxygen atoms in total. The molecule has 4 unspecified atom stereocenters. The van der Waals surface area contributed by atoms with Crippen molar-refractivity contribution in [1.29, 1.82) is 0 Å². The van der Waals surface area contributed by atoms with Crippen molar-refractivity contribution in [3.05, 3.63) is 24.3 Å². The van der Waals surface area contributed by atoms with Gasteiger partial charge in [0.05, 0.1) is 76.8 Å². The van der Waals surface area contributed by atoms with E-state index in [1.165, 1.54) is 13.8 Å². The molecule has 0 aromatic heterocycles. The van der Waals surface area contributed by atoms with Crippen LogP contribution in [0, 0.1) is 0 Å². The Balaban J connectivity index is 4.97. The predicted octanol–water partition coefficient (Wildman–Crippen LogP) is 0.889. The standard InChI is InChI=1S/C44H80N4O22P2/c1-7-9-11-13-15-39(53)69-33(5)25-37(51)47-35(27-63-21-17-31(3)49)29-67-71(59,60)65-23-19-45-43(57)41(55)42(56)44(58)46-20-24-66-72(61,62)68-30-36(28-64-22-18-32(4)50)48-38(52)26-34(6)70-40(54)16-14-12-10-8-2/h7-10,31-36,41-42,49-50,55-56H,11-30H2,1-6H3,(H,45,57)(H,46,58)(H,47,51)(H,48,52)(H,59,60)(H,61,62)/b9-7-,10-8-/t31-,32-,33-,34-,35?,36?,41+,42+/m1/s1. The fourth-order valence-electron chi connectivity index (χ4n) is 5.64. The first-order valence-corrected chi connectivity index (χ1v) is 26.8. The van der Waals surface area contributed by atoms with Crippen LogP contribution in [0.15, 0.2) is 24.3 Å². The quantitative estimate of drug-likeness (QED) is 0.0175. The highest BCUT2D eigenvalue weighted by atomic mass is 31.2. The van der Waals surface area contributed by atoms with Crippen LogP contribution in [-0.4, -0.2) is 180 Å². The molecule has 10 atom stereocenters. The highest BCUT2D eigenvalue weighted by molar-refractivity contribution is 7.47. The summed E-state index contributed by atoms with van der Waals surface area (Å²) < 4.78 is 66.3. The molecule has 0 fully saturated rings. The fraction of sp³-hybridized carbons (Fsp3) is 0.773. The molecular weight excluding hydrogens is 998 g/mol. The molecule has 0 aromatic carbocycles. The Bertz CT molecular complexity index is 1620. The Labute approximate surface area is 421 Å². The molecule has 0 aliphatic rings. The van der Waals surface area contributed by atoms with Gasteiger partial charge in [-0.3, -0.25) is 46.9 Å². The number of phosphoric acid groups is 2. The normalized spacial score (nSPS) is 16.8. The SMILES string of the molecule is C/C=C\CCCC(=O)O[C@H](C)CC(=O)NC(COCC[C@@H](C)O)COP(=O)(O)OCCNC(=O)[C@@H](O)[C@H](O)C(=O)NCCOP(=O)(O)OCC(COCC[C@@H](C)O)NC(=O)C[C@@H](C)OC(=O)CCC/C=C\C. The largest absolute Gasteiger partial charge is 0.472 e. The van der Waals surface area contributed by atoms with Gasteiger partial charge in [0.1, 0.15) is 12.2 Å². The molecule has 4 amide bonds. The molecule has 0 heterocycles. The van der Waals surface area contributed by atoms with Gasteiger partial charge in [0.2, 0.25) is 11.8 Å². The van der Waals surface area contributed by atoms with Crippen LogP contribution >= 0.6 is 15.6 Å². The number of nitrogens with one attached hydrogen (secondary N) is 4. The zero-order chi connectivity index (χ0) is 54.5. The van der Waals surface area contributed by atoms with E-state index in [1.807, 2.05) is 38.2 Å². The van der Waals surface area contributed by atoms with E-state index in [9.17, 15) is 68.1 Å². The average Bonchev–Trinajstić information content (AvgIpc) is 3.29. The minimum Gasteiger partial charge on any atom is -0.462 e. The van der Waals surface area contributed by atoms with Crippen LogP contribution in [0.1, 0.15) is 106 Å². The van der Waals surface area contributed by atoms with Gasteiger partial charge in [0, 0.05) is 39.1 Å². The maximum Gasteiger partial charge on any atom is 0.472 e. The van der Waals surface area contributed by atoms with Gasteiger partial charge in [-0.25, -0.2) is 9.13 Å². The molecule has 28 heteroatoms. The smallest absolute Gasteiger partial charge is 0.462 e. The number of allylic oxidation sites excluding steroid dienone is 4. The van der Waals surface area contributed by atoms with Crippen LogP contribution < -0.4 is 21.3 Å². The molecule has 0 radical (unpaired) electrons. The summed E-state index contributed by atoms with van der Waals surface area (Å²) in [5, 5.41) is 48.7.